The lowest BCUT2D eigenvalue weighted by atomic mass is 10.1. The quantitative estimate of drug-likeness (QED) is 0.370. The Kier molecular flexibility index (Phi) is 9.24. The highest BCUT2D eigenvalue weighted by Crippen LogP contribution is 2.18. The molecule has 0 aliphatic carbocycles. The number of amides is 1. The number of ether oxygens (including phenoxy) is 1. The van der Waals surface area contributed by atoms with Gasteiger partial charge >= 0.3 is 0 Å². The molecule has 29 heavy (non-hydrogen) atoms. The van der Waals surface area contributed by atoms with Crippen LogP contribution in [0.25, 0.3) is 0 Å². The van der Waals surface area contributed by atoms with Gasteiger partial charge in [-0.25, -0.2) is 0 Å². The molecule has 0 aromatic heterocycles. The van der Waals surface area contributed by atoms with Gasteiger partial charge in [0.1, 0.15) is 11.9 Å². The lowest BCUT2D eigenvalue weighted by Crippen LogP contribution is -2.47. The number of hydrogen-bond donors (Lipinski definition) is 2. The summed E-state index contributed by atoms with van der Waals surface area (Å²) in [6.07, 6.45) is 2.18. The Labute approximate surface area is 189 Å². The highest BCUT2D eigenvalue weighted by atomic mass is 127. The van der Waals surface area contributed by atoms with Crippen molar-refractivity contribution >= 4 is 35.8 Å². The molecule has 1 saturated heterocycles. The molecule has 2 aromatic carbocycles. The Bertz CT molecular complexity index is 788. The number of hydrogen-bond acceptors (Lipinski definition) is 3. The number of carbonyl (C=O) groups is 1. The summed E-state index contributed by atoms with van der Waals surface area (Å²) in [4.78, 5) is 18.3. The number of aliphatic imine (C=N–C) groups is 1. The van der Waals surface area contributed by atoms with E-state index in [1.54, 1.807) is 7.05 Å². The summed E-state index contributed by atoms with van der Waals surface area (Å²) in [7, 11) is 3.44. The first-order valence-electron chi connectivity index (χ1n) is 9.68. The lowest BCUT2D eigenvalue weighted by Gasteiger charge is -2.34. The normalized spacial score (nSPS) is 14.7. The molecule has 2 aromatic rings. The van der Waals surface area contributed by atoms with Gasteiger partial charge in [0.2, 0.25) is 0 Å². The molecule has 2 N–H and O–H groups in total. The zero-order chi connectivity index (χ0) is 19.8. The van der Waals surface area contributed by atoms with E-state index in [1.807, 2.05) is 61.6 Å². The van der Waals surface area contributed by atoms with E-state index in [0.717, 1.165) is 43.2 Å². The molecule has 0 atom stereocenters. The van der Waals surface area contributed by atoms with Crippen molar-refractivity contribution < 1.29 is 9.53 Å². The number of para-hydroxylation sites is 1. The van der Waals surface area contributed by atoms with E-state index in [2.05, 4.69) is 20.5 Å². The molecule has 0 radical (unpaired) electrons. The minimum Gasteiger partial charge on any atom is -0.490 e. The van der Waals surface area contributed by atoms with Crippen LogP contribution in [0.15, 0.2) is 59.6 Å². The smallest absolute Gasteiger partial charge is 0.251 e. The van der Waals surface area contributed by atoms with Crippen LogP contribution in [-0.2, 0) is 6.54 Å². The van der Waals surface area contributed by atoms with E-state index in [9.17, 15) is 4.79 Å². The molecule has 3 rings (SSSR count). The third kappa shape index (κ3) is 6.62. The first-order chi connectivity index (χ1) is 13.7. The standard InChI is InChI=1S/C22H28N4O2.HI/c1-23-21(27)18-10-8-17(9-11-18)16-25-22(24-2)26-14-12-20(13-15-26)28-19-6-4-3-5-7-19;/h3-11,20H,12-16H2,1-2H3,(H,23,27)(H,24,25);1H. The number of piperidine rings is 1. The van der Waals surface area contributed by atoms with Crippen molar-refractivity contribution in [3.8, 4) is 5.75 Å². The molecular weight excluding hydrogens is 479 g/mol. The largest absolute Gasteiger partial charge is 0.490 e. The van der Waals surface area contributed by atoms with Gasteiger partial charge in [-0.05, 0) is 29.8 Å². The maximum atomic E-state index is 11.6. The van der Waals surface area contributed by atoms with E-state index < -0.39 is 0 Å². The summed E-state index contributed by atoms with van der Waals surface area (Å²) in [5, 5.41) is 6.05. The van der Waals surface area contributed by atoms with Crippen molar-refractivity contribution in [2.45, 2.75) is 25.5 Å². The lowest BCUT2D eigenvalue weighted by molar-refractivity contribution is 0.0963. The number of nitrogens with zero attached hydrogens (tertiary/aromatic N) is 2. The van der Waals surface area contributed by atoms with E-state index >= 15 is 0 Å². The molecule has 7 heteroatoms. The van der Waals surface area contributed by atoms with E-state index in [1.165, 1.54) is 0 Å². The molecule has 1 fully saturated rings. The predicted molar refractivity (Wildman–Crippen MR) is 127 cm³/mol. The first-order valence-corrected chi connectivity index (χ1v) is 9.68. The highest BCUT2D eigenvalue weighted by molar-refractivity contribution is 14.0. The fourth-order valence-corrected chi connectivity index (χ4v) is 3.31. The Morgan fingerprint density at radius 3 is 2.34 bits per heavy atom. The number of halogens is 1. The SMILES string of the molecule is CN=C(NCc1ccc(C(=O)NC)cc1)N1CCC(Oc2ccccc2)CC1.I. The van der Waals surface area contributed by atoms with Crippen molar-refractivity contribution in [1.29, 1.82) is 0 Å². The predicted octanol–water partition coefficient (Wildman–Crippen LogP) is 3.28. The van der Waals surface area contributed by atoms with E-state index in [-0.39, 0.29) is 36.0 Å². The number of guanidine groups is 1. The third-order valence-electron chi connectivity index (χ3n) is 4.89. The molecule has 0 bridgehead atoms. The summed E-state index contributed by atoms with van der Waals surface area (Å²) in [5.41, 5.74) is 1.77. The summed E-state index contributed by atoms with van der Waals surface area (Å²) in [5.74, 6) is 1.76. The van der Waals surface area contributed by atoms with Gasteiger partial charge in [0.25, 0.3) is 5.91 Å². The van der Waals surface area contributed by atoms with Crippen LogP contribution < -0.4 is 15.4 Å². The van der Waals surface area contributed by atoms with Crippen LogP contribution in [0.1, 0.15) is 28.8 Å². The van der Waals surface area contributed by atoms with Gasteiger partial charge < -0.3 is 20.3 Å². The van der Waals surface area contributed by atoms with E-state index in [4.69, 9.17) is 4.74 Å². The number of carbonyl (C=O) groups excluding carboxylic acids is 1. The summed E-state index contributed by atoms with van der Waals surface area (Å²) >= 11 is 0. The molecule has 1 heterocycles. The van der Waals surface area contributed by atoms with Gasteiger partial charge in [0.05, 0.1) is 0 Å². The fourth-order valence-electron chi connectivity index (χ4n) is 3.31. The van der Waals surface area contributed by atoms with Gasteiger partial charge in [-0.1, -0.05) is 30.3 Å². The minimum absolute atomic E-state index is 0. The number of likely N-dealkylation sites (tertiary alicyclic amines) is 1. The van der Waals surface area contributed by atoms with Crippen LogP contribution in [0.5, 0.6) is 5.75 Å². The van der Waals surface area contributed by atoms with Gasteiger partial charge in [-0.15, -0.1) is 24.0 Å². The average molecular weight is 508 g/mol. The highest BCUT2D eigenvalue weighted by Gasteiger charge is 2.22. The topological polar surface area (TPSA) is 66.0 Å². The molecule has 0 saturated carbocycles. The van der Waals surface area contributed by atoms with Crippen molar-refractivity contribution in [2.24, 2.45) is 4.99 Å². The molecular formula is C22H29IN4O2. The monoisotopic (exact) mass is 508 g/mol. The summed E-state index contributed by atoms with van der Waals surface area (Å²) < 4.78 is 6.07. The second-order valence-electron chi connectivity index (χ2n) is 6.79. The zero-order valence-corrected chi connectivity index (χ0v) is 19.3. The molecule has 1 aliphatic heterocycles. The zero-order valence-electron chi connectivity index (χ0n) is 16.9. The van der Waals surface area contributed by atoms with E-state index in [0.29, 0.717) is 12.1 Å². The van der Waals surface area contributed by atoms with Crippen molar-refractivity contribution in [2.75, 3.05) is 27.2 Å². The Morgan fingerprint density at radius 2 is 1.76 bits per heavy atom. The van der Waals surface area contributed by atoms with Gasteiger partial charge in [-0.2, -0.15) is 0 Å². The second kappa shape index (κ2) is 11.6. The maximum absolute atomic E-state index is 11.6. The van der Waals surface area contributed by atoms with Crippen LogP contribution in [0.2, 0.25) is 0 Å². The van der Waals surface area contributed by atoms with Crippen LogP contribution in [0, 0.1) is 0 Å². The third-order valence-corrected chi connectivity index (χ3v) is 4.89. The van der Waals surface area contributed by atoms with Gasteiger partial charge in [0, 0.05) is 52.1 Å². The first kappa shape index (κ1) is 23.0. The van der Waals surface area contributed by atoms with Gasteiger partial charge in [0.15, 0.2) is 5.96 Å². The van der Waals surface area contributed by atoms with Crippen molar-refractivity contribution in [3.05, 3.63) is 65.7 Å². The Balaban J connectivity index is 0.00000300. The Hall–Kier alpha value is -2.29. The van der Waals surface area contributed by atoms with Crippen LogP contribution >= 0.6 is 24.0 Å². The minimum atomic E-state index is -0.0732. The second-order valence-corrected chi connectivity index (χ2v) is 6.79. The molecule has 0 spiro atoms. The average Bonchev–Trinajstić information content (AvgIpc) is 2.76. The van der Waals surface area contributed by atoms with Crippen LogP contribution in [-0.4, -0.2) is 50.1 Å². The Morgan fingerprint density at radius 1 is 1.10 bits per heavy atom. The molecule has 0 unspecified atom stereocenters. The molecule has 6 nitrogen and oxygen atoms in total. The maximum Gasteiger partial charge on any atom is 0.251 e. The van der Waals surface area contributed by atoms with Gasteiger partial charge in [-0.3, -0.25) is 9.79 Å². The fraction of sp³-hybridized carbons (Fsp3) is 0.364. The molecule has 1 amide bonds. The summed E-state index contributed by atoms with van der Waals surface area (Å²) in [6, 6.07) is 17.6. The van der Waals surface area contributed by atoms with Crippen LogP contribution in [0.3, 0.4) is 0 Å². The van der Waals surface area contributed by atoms with Crippen molar-refractivity contribution in [1.82, 2.24) is 15.5 Å². The molecule has 156 valence electrons. The number of rotatable bonds is 5. The number of benzene rings is 2. The molecule has 1 aliphatic rings. The summed E-state index contributed by atoms with van der Waals surface area (Å²) in [6.45, 7) is 2.49. The van der Waals surface area contributed by atoms with Crippen molar-refractivity contribution in [3.63, 3.8) is 0 Å². The van der Waals surface area contributed by atoms with Crippen LogP contribution in [0.4, 0.5) is 0 Å². The number of nitrogens with one attached hydrogen (secondary N) is 2.